The highest BCUT2D eigenvalue weighted by molar-refractivity contribution is 6.12. The zero-order chi connectivity index (χ0) is 51.7. The van der Waals surface area contributed by atoms with E-state index < -0.39 is 5.41 Å². The van der Waals surface area contributed by atoms with E-state index >= 15 is 0 Å². The van der Waals surface area contributed by atoms with Gasteiger partial charge in [-0.3, -0.25) is 0 Å². The van der Waals surface area contributed by atoms with E-state index in [0.717, 1.165) is 34.1 Å². The molecule has 368 valence electrons. The predicted molar refractivity (Wildman–Crippen MR) is 311 cm³/mol. The smallest absolute Gasteiger partial charge is 0.123 e. The van der Waals surface area contributed by atoms with Gasteiger partial charge in [-0.05, 0) is 228 Å². The van der Waals surface area contributed by atoms with Crippen molar-refractivity contribution in [2.24, 2.45) is 0 Å². The highest BCUT2D eigenvalue weighted by atomic mass is 19.1. The molecule has 0 unspecified atom stereocenters. The summed E-state index contributed by atoms with van der Waals surface area (Å²) in [5.74, 6) is 0.614. The van der Waals surface area contributed by atoms with E-state index in [4.69, 9.17) is 0 Å². The predicted octanol–water partition coefficient (Wildman–Crippen LogP) is 20.5. The first-order valence-corrected chi connectivity index (χ1v) is 26.4. The molecule has 0 aromatic heterocycles. The van der Waals surface area contributed by atoms with Crippen LogP contribution in [0.4, 0.5) is 42.9 Å². The summed E-state index contributed by atoms with van der Waals surface area (Å²) in [4.78, 5) is 4.51. The van der Waals surface area contributed by atoms with Gasteiger partial charge in [0.1, 0.15) is 11.6 Å². The van der Waals surface area contributed by atoms with Gasteiger partial charge in [0, 0.05) is 34.1 Å². The molecule has 1 spiro atoms. The number of anilines is 6. The van der Waals surface area contributed by atoms with Crippen LogP contribution in [0.5, 0.6) is 0 Å². The van der Waals surface area contributed by atoms with E-state index in [1.807, 2.05) is 24.3 Å². The van der Waals surface area contributed by atoms with Gasteiger partial charge in [-0.2, -0.15) is 0 Å². The van der Waals surface area contributed by atoms with E-state index in [2.05, 4.69) is 218 Å². The lowest BCUT2D eigenvalue weighted by Crippen LogP contribution is -2.27. The van der Waals surface area contributed by atoms with Gasteiger partial charge < -0.3 is 9.80 Å². The minimum absolute atomic E-state index is 0.186. The van der Waals surface area contributed by atoms with Crippen molar-refractivity contribution in [3.63, 3.8) is 0 Å². The molecule has 0 N–H and O–H groups in total. The lowest BCUT2D eigenvalue weighted by molar-refractivity contribution is 0.627. The van der Waals surface area contributed by atoms with E-state index in [1.54, 1.807) is 24.3 Å². The molecule has 2 aliphatic carbocycles. The molecule has 0 amide bonds. The molecule has 4 heteroatoms. The molecule has 0 aliphatic heterocycles. The summed E-state index contributed by atoms with van der Waals surface area (Å²) in [6.07, 6.45) is 6.54. The molecular weight excluding hydrogens is 907 g/mol. The van der Waals surface area contributed by atoms with Crippen molar-refractivity contribution in [2.45, 2.75) is 91.4 Å². The Hall–Kier alpha value is -7.82. The average molecular weight is 971 g/mol. The van der Waals surface area contributed by atoms with Crippen molar-refractivity contribution in [3.8, 4) is 11.1 Å². The van der Waals surface area contributed by atoms with Crippen LogP contribution in [0, 0.1) is 11.6 Å². The second-order valence-electron chi connectivity index (χ2n) is 21.5. The molecule has 0 atom stereocenters. The number of fused-ring (bicyclic) bond motifs is 11. The van der Waals surface area contributed by atoms with Crippen LogP contribution in [0.3, 0.4) is 0 Å². The molecule has 0 fully saturated rings. The van der Waals surface area contributed by atoms with E-state index in [-0.39, 0.29) is 23.5 Å². The summed E-state index contributed by atoms with van der Waals surface area (Å²) in [5, 5.41) is 4.76. The Balaban J connectivity index is 1.23. The van der Waals surface area contributed by atoms with Crippen LogP contribution in [0.1, 0.15) is 130 Å². The molecule has 2 aliphatic rings. The maximum Gasteiger partial charge on any atom is 0.123 e. The third-order valence-corrected chi connectivity index (χ3v) is 15.8. The fraction of sp³-hybridized carbons (Fsp3) is 0.200. The molecule has 2 nitrogen and oxygen atoms in total. The summed E-state index contributed by atoms with van der Waals surface area (Å²) >= 11 is 0. The quantitative estimate of drug-likeness (QED) is 0.120. The van der Waals surface area contributed by atoms with E-state index in [9.17, 15) is 8.78 Å². The number of hydrogen-bond acceptors (Lipinski definition) is 2. The van der Waals surface area contributed by atoms with Crippen LogP contribution in [-0.2, 0) is 5.41 Å². The van der Waals surface area contributed by atoms with Gasteiger partial charge in [-0.1, -0.05) is 141 Å². The van der Waals surface area contributed by atoms with Crippen LogP contribution in [0.2, 0.25) is 0 Å². The summed E-state index contributed by atoms with van der Waals surface area (Å²) in [6.45, 7) is 24.8. The van der Waals surface area contributed by atoms with Gasteiger partial charge >= 0.3 is 0 Å². The Morgan fingerprint density at radius 2 is 0.824 bits per heavy atom. The standard InChI is InChI=1S/C70H64F2N2/c1-11-15-56-57-16-13-14-17-67(57)70(66(56)12-2)68-58-36-34-54(73(52-30-22-48(71)23-31-52)50-26-18-46(19-27-50)42(3)4)38-62(58)60(44(7)8)40-64(68)65-41-61(45(9)10)63-39-55(35-37-59(63)69(65)70)74(53-32-24-49(72)25-33-53)51-28-20-47(21-29-51)43(5)6/h11-45H,2H2,1,3-10H3/b15-11-. The normalized spacial score (nSPS) is 13.6. The molecule has 9 aromatic rings. The van der Waals surface area contributed by atoms with Gasteiger partial charge in [0.25, 0.3) is 0 Å². The third kappa shape index (κ3) is 7.72. The highest BCUT2D eigenvalue weighted by Gasteiger charge is 2.54. The Morgan fingerprint density at radius 3 is 1.20 bits per heavy atom. The Bertz CT molecular complexity index is 3500. The average Bonchev–Trinajstić information content (AvgIpc) is 3.85. The first kappa shape index (κ1) is 48.4. The monoisotopic (exact) mass is 971 g/mol. The molecule has 0 radical (unpaired) electrons. The van der Waals surface area contributed by atoms with Crippen LogP contribution in [0.25, 0.3) is 38.2 Å². The minimum atomic E-state index is -0.741. The summed E-state index contributed by atoms with van der Waals surface area (Å²) < 4.78 is 29.3. The maximum atomic E-state index is 14.6. The molecule has 0 saturated carbocycles. The zero-order valence-corrected chi connectivity index (χ0v) is 44.1. The van der Waals surface area contributed by atoms with Gasteiger partial charge in [0.05, 0.1) is 5.41 Å². The van der Waals surface area contributed by atoms with Gasteiger partial charge in [-0.25, -0.2) is 8.78 Å². The van der Waals surface area contributed by atoms with Crippen molar-refractivity contribution < 1.29 is 8.78 Å². The van der Waals surface area contributed by atoms with Crippen LogP contribution >= 0.6 is 0 Å². The van der Waals surface area contributed by atoms with Gasteiger partial charge in [-0.15, -0.1) is 0 Å². The molecule has 9 aromatic carbocycles. The molecule has 11 rings (SSSR count). The molecule has 0 saturated heterocycles. The summed E-state index contributed by atoms with van der Waals surface area (Å²) in [7, 11) is 0. The van der Waals surface area contributed by atoms with Crippen molar-refractivity contribution >= 4 is 61.2 Å². The topological polar surface area (TPSA) is 6.48 Å². The second kappa shape index (κ2) is 18.9. The van der Waals surface area contributed by atoms with Crippen LogP contribution in [-0.4, -0.2) is 0 Å². The van der Waals surface area contributed by atoms with Gasteiger partial charge in [0.2, 0.25) is 0 Å². The molecule has 0 heterocycles. The summed E-state index contributed by atoms with van der Waals surface area (Å²) in [6, 6.07) is 59.2. The lowest BCUT2D eigenvalue weighted by Gasteiger charge is -2.34. The second-order valence-corrected chi connectivity index (χ2v) is 21.5. The molecule has 0 bridgehead atoms. The van der Waals surface area contributed by atoms with Gasteiger partial charge in [0.15, 0.2) is 0 Å². The Kier molecular flexibility index (Phi) is 12.4. The number of hydrogen-bond donors (Lipinski definition) is 0. The van der Waals surface area contributed by atoms with Crippen molar-refractivity contribution in [3.05, 3.63) is 256 Å². The minimum Gasteiger partial charge on any atom is -0.310 e. The number of rotatable bonds is 12. The number of benzene rings is 9. The molecule has 74 heavy (non-hydrogen) atoms. The van der Waals surface area contributed by atoms with E-state index in [0.29, 0.717) is 11.8 Å². The fourth-order valence-electron chi connectivity index (χ4n) is 12.2. The number of halogens is 2. The highest BCUT2D eigenvalue weighted by Crippen LogP contribution is 2.66. The fourth-order valence-corrected chi connectivity index (χ4v) is 12.2. The zero-order valence-electron chi connectivity index (χ0n) is 44.1. The number of allylic oxidation sites excluding steroid dienone is 5. The van der Waals surface area contributed by atoms with Crippen LogP contribution < -0.4 is 9.80 Å². The molecular formula is C70H64F2N2. The first-order valence-electron chi connectivity index (χ1n) is 26.4. The van der Waals surface area contributed by atoms with Crippen molar-refractivity contribution in [1.82, 2.24) is 0 Å². The van der Waals surface area contributed by atoms with Crippen molar-refractivity contribution in [1.29, 1.82) is 0 Å². The number of nitrogens with zero attached hydrogens (tertiary/aromatic N) is 2. The Morgan fingerprint density at radius 1 is 0.432 bits per heavy atom. The lowest BCUT2D eigenvalue weighted by atomic mass is 9.67. The summed E-state index contributed by atoms with van der Waals surface area (Å²) in [5.41, 5.74) is 19.9. The van der Waals surface area contributed by atoms with Crippen molar-refractivity contribution in [2.75, 3.05) is 9.80 Å². The SMILES string of the molecule is C=CC1=C(/C=C\C)c2ccccc2C12c1c(cc(C(C)C)c3cc(N(c4ccc(F)cc4)c4ccc(C(C)C)cc4)ccc13)-c1cc(C(C)C)c3cc(N(c4ccc(F)cc4)c4ccc(C(C)C)cc4)ccc3c12. The maximum absolute atomic E-state index is 14.6. The first-order chi connectivity index (χ1) is 35.7. The largest absolute Gasteiger partial charge is 0.310 e. The van der Waals surface area contributed by atoms with E-state index in [1.165, 1.54) is 88.3 Å². The van der Waals surface area contributed by atoms with Crippen LogP contribution in [0.15, 0.2) is 200 Å². The third-order valence-electron chi connectivity index (χ3n) is 15.8. The Labute approximate surface area is 436 Å².